The van der Waals surface area contributed by atoms with Gasteiger partial charge in [-0.25, -0.2) is 9.98 Å². The third-order valence-electron chi connectivity index (χ3n) is 4.17. The van der Waals surface area contributed by atoms with Crippen molar-refractivity contribution in [3.8, 4) is 11.4 Å². The van der Waals surface area contributed by atoms with Crippen LogP contribution in [0.2, 0.25) is 0 Å². The number of aliphatic imine (C=N–C) groups is 1. The zero-order valence-electron chi connectivity index (χ0n) is 17.2. The van der Waals surface area contributed by atoms with Gasteiger partial charge in [-0.1, -0.05) is 13.5 Å². The Labute approximate surface area is 166 Å². The van der Waals surface area contributed by atoms with Crippen LogP contribution < -0.4 is 15.8 Å². The molecule has 0 aliphatic rings. The number of ether oxygens (including phenoxy) is 1. The maximum Gasteiger partial charge on any atom is 0.144 e. The summed E-state index contributed by atoms with van der Waals surface area (Å²) in [4.78, 5) is 8.73. The highest BCUT2D eigenvalue weighted by molar-refractivity contribution is 6.06. The standard InChI is InChI=1S/C21H29N5O2/c1-7-16(11-22)20(21(4,5)27)25-15(3)24-17-8-9-18(19(10-17)28-6)26-12-14(2)23-13-26/h8-13,24,27H,3,7,22H2,1-2,4-6H3/b16-11-,25-20+. The van der Waals surface area contributed by atoms with Crippen LogP contribution in [0.1, 0.15) is 32.9 Å². The Hall–Kier alpha value is -3.06. The number of aliphatic hydroxyl groups is 1. The number of rotatable bonds is 8. The number of nitrogens with two attached hydrogens (primary N) is 1. The third kappa shape index (κ3) is 5.01. The van der Waals surface area contributed by atoms with Gasteiger partial charge in [-0.05, 0) is 51.1 Å². The highest BCUT2D eigenvalue weighted by atomic mass is 16.5. The molecular formula is C21H29N5O2. The summed E-state index contributed by atoms with van der Waals surface area (Å²) >= 11 is 0. The molecule has 1 aromatic carbocycles. The SMILES string of the molecule is C=C(/N=C(\C(=C/N)CC)C(C)(C)O)Nc1ccc(-n2cnc(C)c2)c(OC)c1. The molecule has 1 aromatic heterocycles. The van der Waals surface area contributed by atoms with Crippen LogP contribution in [-0.4, -0.2) is 33.1 Å². The fraction of sp³-hybridized carbons (Fsp3) is 0.333. The Morgan fingerprint density at radius 2 is 2.18 bits per heavy atom. The lowest BCUT2D eigenvalue weighted by Crippen LogP contribution is -2.33. The van der Waals surface area contributed by atoms with E-state index in [2.05, 4.69) is 21.9 Å². The van der Waals surface area contributed by atoms with Crippen molar-refractivity contribution in [2.75, 3.05) is 12.4 Å². The molecule has 0 unspecified atom stereocenters. The average Bonchev–Trinajstić information content (AvgIpc) is 3.07. The highest BCUT2D eigenvalue weighted by Crippen LogP contribution is 2.28. The fourth-order valence-corrected chi connectivity index (χ4v) is 2.82. The summed E-state index contributed by atoms with van der Waals surface area (Å²) in [6.45, 7) is 11.2. The van der Waals surface area contributed by atoms with E-state index in [9.17, 15) is 5.11 Å². The molecule has 150 valence electrons. The van der Waals surface area contributed by atoms with Crippen molar-refractivity contribution >= 4 is 11.4 Å². The number of methoxy groups -OCH3 is 1. The normalized spacial score (nSPS) is 12.8. The molecule has 0 spiro atoms. The average molecular weight is 383 g/mol. The van der Waals surface area contributed by atoms with Crippen LogP contribution >= 0.6 is 0 Å². The second-order valence-corrected chi connectivity index (χ2v) is 6.95. The van der Waals surface area contributed by atoms with Crippen molar-refractivity contribution < 1.29 is 9.84 Å². The van der Waals surface area contributed by atoms with E-state index < -0.39 is 5.60 Å². The Balaban J connectivity index is 2.30. The van der Waals surface area contributed by atoms with Crippen molar-refractivity contribution in [1.82, 2.24) is 9.55 Å². The van der Waals surface area contributed by atoms with Gasteiger partial charge in [0.2, 0.25) is 0 Å². The largest absolute Gasteiger partial charge is 0.494 e. The molecule has 0 saturated carbocycles. The molecular weight excluding hydrogens is 354 g/mol. The van der Waals surface area contributed by atoms with Gasteiger partial charge >= 0.3 is 0 Å². The monoisotopic (exact) mass is 383 g/mol. The van der Waals surface area contributed by atoms with Crippen molar-refractivity contribution in [3.05, 3.63) is 60.6 Å². The summed E-state index contributed by atoms with van der Waals surface area (Å²) < 4.78 is 7.42. The number of benzene rings is 1. The molecule has 0 bridgehead atoms. The van der Waals surface area contributed by atoms with E-state index in [0.29, 0.717) is 23.7 Å². The van der Waals surface area contributed by atoms with Gasteiger partial charge in [0.25, 0.3) is 0 Å². The van der Waals surface area contributed by atoms with Gasteiger partial charge in [-0.2, -0.15) is 0 Å². The van der Waals surface area contributed by atoms with Crippen LogP contribution in [0.4, 0.5) is 5.69 Å². The van der Waals surface area contributed by atoms with Crippen LogP contribution in [0.5, 0.6) is 5.75 Å². The minimum absolute atomic E-state index is 0.387. The first kappa shape index (κ1) is 21.2. The van der Waals surface area contributed by atoms with Gasteiger partial charge in [-0.15, -0.1) is 0 Å². The van der Waals surface area contributed by atoms with E-state index in [1.165, 1.54) is 6.20 Å². The predicted octanol–water partition coefficient (Wildman–Crippen LogP) is 3.54. The zero-order chi connectivity index (χ0) is 20.9. The van der Waals surface area contributed by atoms with Crippen LogP contribution in [0.15, 0.2) is 59.9 Å². The van der Waals surface area contributed by atoms with Gasteiger partial charge in [0, 0.05) is 18.0 Å². The molecule has 1 heterocycles. The van der Waals surface area contributed by atoms with Gasteiger partial charge < -0.3 is 25.5 Å². The molecule has 0 aliphatic carbocycles. The van der Waals surface area contributed by atoms with E-state index >= 15 is 0 Å². The van der Waals surface area contributed by atoms with Crippen molar-refractivity contribution in [2.45, 2.75) is 39.7 Å². The topological polar surface area (TPSA) is 97.7 Å². The summed E-state index contributed by atoms with van der Waals surface area (Å²) in [5.41, 5.74) is 8.35. The van der Waals surface area contributed by atoms with Gasteiger partial charge in [0.15, 0.2) is 0 Å². The number of aryl methyl sites for hydroxylation is 1. The number of imidazole rings is 1. The number of aromatic nitrogens is 2. The number of hydrogen-bond acceptors (Lipinski definition) is 6. The lowest BCUT2D eigenvalue weighted by atomic mass is 9.94. The smallest absolute Gasteiger partial charge is 0.144 e. The van der Waals surface area contributed by atoms with Gasteiger partial charge in [0.1, 0.15) is 17.2 Å². The molecule has 7 heteroatoms. The first-order valence-corrected chi connectivity index (χ1v) is 9.07. The maximum atomic E-state index is 10.4. The van der Waals surface area contributed by atoms with E-state index in [-0.39, 0.29) is 0 Å². The van der Waals surface area contributed by atoms with E-state index in [0.717, 1.165) is 22.6 Å². The summed E-state index contributed by atoms with van der Waals surface area (Å²) in [6.07, 6.45) is 5.79. The molecule has 4 N–H and O–H groups in total. The molecule has 28 heavy (non-hydrogen) atoms. The quantitative estimate of drug-likeness (QED) is 0.606. The molecule has 0 saturated heterocycles. The van der Waals surface area contributed by atoms with E-state index in [1.807, 2.05) is 42.8 Å². The minimum Gasteiger partial charge on any atom is -0.494 e. The molecule has 0 atom stereocenters. The Morgan fingerprint density at radius 3 is 2.68 bits per heavy atom. The van der Waals surface area contributed by atoms with Gasteiger partial charge in [0.05, 0.1) is 30.5 Å². The predicted molar refractivity (Wildman–Crippen MR) is 114 cm³/mol. The number of nitrogens with one attached hydrogen (secondary N) is 1. The van der Waals surface area contributed by atoms with Gasteiger partial charge in [-0.3, -0.25) is 0 Å². The Kier molecular flexibility index (Phi) is 6.64. The summed E-state index contributed by atoms with van der Waals surface area (Å²) in [6, 6.07) is 5.68. The maximum absolute atomic E-state index is 10.4. The molecule has 2 aromatic rings. The first-order valence-electron chi connectivity index (χ1n) is 9.07. The summed E-state index contributed by atoms with van der Waals surface area (Å²) in [5, 5.41) is 13.6. The molecule has 0 amide bonds. The van der Waals surface area contributed by atoms with Crippen LogP contribution in [0.3, 0.4) is 0 Å². The lowest BCUT2D eigenvalue weighted by Gasteiger charge is -2.22. The first-order chi connectivity index (χ1) is 13.2. The summed E-state index contributed by atoms with van der Waals surface area (Å²) in [7, 11) is 1.62. The van der Waals surface area contributed by atoms with E-state index in [4.69, 9.17) is 10.5 Å². The van der Waals surface area contributed by atoms with E-state index in [1.54, 1.807) is 27.3 Å². The summed E-state index contributed by atoms with van der Waals surface area (Å²) in [5.74, 6) is 1.07. The van der Waals surface area contributed by atoms with Crippen molar-refractivity contribution in [1.29, 1.82) is 0 Å². The number of nitrogens with zero attached hydrogens (tertiary/aromatic N) is 3. The molecule has 0 fully saturated rings. The second kappa shape index (κ2) is 8.75. The highest BCUT2D eigenvalue weighted by Gasteiger charge is 2.24. The van der Waals surface area contributed by atoms with Crippen LogP contribution in [0.25, 0.3) is 5.69 Å². The minimum atomic E-state index is -1.15. The second-order valence-electron chi connectivity index (χ2n) is 6.95. The van der Waals surface area contributed by atoms with Crippen molar-refractivity contribution in [2.24, 2.45) is 10.7 Å². The third-order valence-corrected chi connectivity index (χ3v) is 4.17. The molecule has 7 nitrogen and oxygen atoms in total. The van der Waals surface area contributed by atoms with Crippen LogP contribution in [-0.2, 0) is 0 Å². The number of anilines is 1. The molecule has 2 rings (SSSR count). The molecule has 0 aliphatic heterocycles. The van der Waals surface area contributed by atoms with Crippen LogP contribution in [0, 0.1) is 6.92 Å². The fourth-order valence-electron chi connectivity index (χ4n) is 2.82. The Bertz CT molecular complexity index is 904. The Morgan fingerprint density at radius 1 is 1.46 bits per heavy atom. The zero-order valence-corrected chi connectivity index (χ0v) is 17.2. The number of hydrogen-bond donors (Lipinski definition) is 3. The lowest BCUT2D eigenvalue weighted by molar-refractivity contribution is 0.154. The van der Waals surface area contributed by atoms with Crippen molar-refractivity contribution in [3.63, 3.8) is 0 Å². The molecule has 0 radical (unpaired) electrons.